The molecule has 1 saturated heterocycles. The summed E-state index contributed by atoms with van der Waals surface area (Å²) in [5.41, 5.74) is 2.81. The molecule has 0 bridgehead atoms. The Morgan fingerprint density at radius 3 is 2.96 bits per heavy atom. The van der Waals surface area contributed by atoms with Gasteiger partial charge in [-0.15, -0.1) is 0 Å². The van der Waals surface area contributed by atoms with Gasteiger partial charge in [0.15, 0.2) is 0 Å². The third-order valence-corrected chi connectivity index (χ3v) is 4.73. The number of urea groups is 1. The van der Waals surface area contributed by atoms with E-state index in [1.807, 2.05) is 32.0 Å². The van der Waals surface area contributed by atoms with E-state index in [4.69, 9.17) is 0 Å². The maximum absolute atomic E-state index is 12.4. The number of benzene rings is 1. The van der Waals surface area contributed by atoms with Crippen molar-refractivity contribution < 1.29 is 4.79 Å². The second kappa shape index (κ2) is 7.70. The van der Waals surface area contributed by atoms with Gasteiger partial charge in [0.2, 0.25) is 0 Å². The highest BCUT2D eigenvalue weighted by Crippen LogP contribution is 2.19. The molecule has 1 aliphatic rings. The molecule has 1 aromatic carbocycles. The molecule has 2 aromatic rings. The lowest BCUT2D eigenvalue weighted by Gasteiger charge is -2.16. The highest BCUT2D eigenvalue weighted by atomic mass is 16.2. The largest absolute Gasteiger partial charge is 0.338 e. The highest BCUT2D eigenvalue weighted by Gasteiger charge is 2.23. The van der Waals surface area contributed by atoms with Gasteiger partial charge in [0.05, 0.1) is 0 Å². The lowest BCUT2D eigenvalue weighted by atomic mass is 10.1. The smallest absolute Gasteiger partial charge is 0.314 e. The first-order valence-corrected chi connectivity index (χ1v) is 8.91. The van der Waals surface area contributed by atoms with Crippen LogP contribution >= 0.6 is 0 Å². The van der Waals surface area contributed by atoms with Gasteiger partial charge in [-0.2, -0.15) is 0 Å². The number of aryl methyl sites for hydroxylation is 1. The van der Waals surface area contributed by atoms with Crippen molar-refractivity contribution in [3.8, 4) is 0 Å². The number of likely N-dealkylation sites (tertiary alicyclic amines) is 1. The lowest BCUT2D eigenvalue weighted by molar-refractivity contribution is 0.239. The van der Waals surface area contributed by atoms with Crippen LogP contribution in [0.2, 0.25) is 0 Å². The van der Waals surface area contributed by atoms with Crippen LogP contribution in [0.15, 0.2) is 29.1 Å². The zero-order chi connectivity index (χ0) is 17.8. The fourth-order valence-corrected chi connectivity index (χ4v) is 3.40. The molecule has 6 heteroatoms. The van der Waals surface area contributed by atoms with Gasteiger partial charge in [0.1, 0.15) is 0 Å². The number of aromatic nitrogens is 1. The Labute approximate surface area is 147 Å². The van der Waals surface area contributed by atoms with Crippen molar-refractivity contribution in [1.82, 2.24) is 20.5 Å². The van der Waals surface area contributed by atoms with Gasteiger partial charge in [0, 0.05) is 37.3 Å². The van der Waals surface area contributed by atoms with Crippen molar-refractivity contribution in [2.45, 2.75) is 26.8 Å². The number of hydrogen-bond donors (Lipinski definition) is 3. The van der Waals surface area contributed by atoms with E-state index >= 15 is 0 Å². The number of amides is 2. The number of nitrogens with zero attached hydrogens (tertiary/aromatic N) is 1. The van der Waals surface area contributed by atoms with Crippen molar-refractivity contribution in [3.05, 3.63) is 45.7 Å². The number of nitrogens with one attached hydrogen (secondary N) is 3. The van der Waals surface area contributed by atoms with Gasteiger partial charge < -0.3 is 15.6 Å². The first-order chi connectivity index (χ1) is 12.0. The number of H-pyrrole nitrogens is 1. The SMILES string of the molecule is CCNC(=O)NCC1CCN(Cc2cc3ccc(C)cc3[nH]c2=O)C1. The van der Waals surface area contributed by atoms with E-state index in [9.17, 15) is 9.59 Å². The number of aromatic amines is 1. The molecule has 0 aliphatic carbocycles. The second-order valence-electron chi connectivity index (χ2n) is 6.84. The Hall–Kier alpha value is -2.34. The Kier molecular flexibility index (Phi) is 5.38. The standard InChI is InChI=1S/C19H26N4O2/c1-3-20-19(25)21-10-14-6-7-23(11-14)12-16-9-15-5-4-13(2)8-17(15)22-18(16)24/h4-5,8-9,14H,3,6-7,10-12H2,1-2H3,(H,22,24)(H2,20,21,25). The molecule has 3 rings (SSSR count). The first kappa shape index (κ1) is 17.5. The first-order valence-electron chi connectivity index (χ1n) is 8.91. The van der Waals surface area contributed by atoms with Crippen LogP contribution < -0.4 is 16.2 Å². The minimum absolute atomic E-state index is 0.0120. The summed E-state index contributed by atoms with van der Waals surface area (Å²) in [6, 6.07) is 7.99. The number of pyridine rings is 1. The van der Waals surface area contributed by atoms with Crippen molar-refractivity contribution in [3.63, 3.8) is 0 Å². The van der Waals surface area contributed by atoms with Crippen LogP contribution in [0.4, 0.5) is 4.79 Å². The Morgan fingerprint density at radius 1 is 1.32 bits per heavy atom. The summed E-state index contributed by atoms with van der Waals surface area (Å²) in [7, 11) is 0. The minimum atomic E-state index is -0.109. The molecular weight excluding hydrogens is 316 g/mol. The quantitative estimate of drug-likeness (QED) is 0.777. The molecule has 1 aromatic heterocycles. The van der Waals surface area contributed by atoms with Crippen LogP contribution in [-0.2, 0) is 6.54 Å². The zero-order valence-corrected chi connectivity index (χ0v) is 14.9. The van der Waals surface area contributed by atoms with E-state index in [0.29, 0.717) is 25.6 Å². The van der Waals surface area contributed by atoms with Gasteiger partial charge >= 0.3 is 6.03 Å². The van der Waals surface area contributed by atoms with Gasteiger partial charge in [0.25, 0.3) is 5.56 Å². The molecule has 0 spiro atoms. The molecule has 1 aliphatic heterocycles. The third kappa shape index (κ3) is 4.39. The Morgan fingerprint density at radius 2 is 2.16 bits per heavy atom. The van der Waals surface area contributed by atoms with Gasteiger partial charge in [-0.25, -0.2) is 4.79 Å². The monoisotopic (exact) mass is 342 g/mol. The maximum Gasteiger partial charge on any atom is 0.314 e. The van der Waals surface area contributed by atoms with Crippen molar-refractivity contribution in [2.24, 2.45) is 5.92 Å². The molecule has 2 amide bonds. The molecule has 2 heterocycles. The summed E-state index contributed by atoms with van der Waals surface area (Å²) >= 11 is 0. The van der Waals surface area contributed by atoms with E-state index in [1.165, 1.54) is 0 Å². The second-order valence-corrected chi connectivity index (χ2v) is 6.84. The number of rotatable bonds is 5. The van der Waals surface area contributed by atoms with E-state index in [2.05, 4.69) is 26.6 Å². The fraction of sp³-hybridized carbons (Fsp3) is 0.474. The van der Waals surface area contributed by atoms with E-state index in [0.717, 1.165) is 41.5 Å². The Balaban J connectivity index is 1.61. The summed E-state index contributed by atoms with van der Waals surface area (Å²) < 4.78 is 0. The van der Waals surface area contributed by atoms with Crippen LogP contribution in [0.5, 0.6) is 0 Å². The summed E-state index contributed by atoms with van der Waals surface area (Å²) in [6.45, 7) is 7.73. The third-order valence-electron chi connectivity index (χ3n) is 4.73. The molecule has 0 radical (unpaired) electrons. The van der Waals surface area contributed by atoms with Crippen LogP contribution in [0, 0.1) is 12.8 Å². The average molecular weight is 342 g/mol. The average Bonchev–Trinajstić information content (AvgIpc) is 3.02. The van der Waals surface area contributed by atoms with Gasteiger partial charge in [-0.3, -0.25) is 9.69 Å². The molecule has 1 fully saturated rings. The van der Waals surface area contributed by atoms with Gasteiger partial charge in [-0.1, -0.05) is 12.1 Å². The predicted molar refractivity (Wildman–Crippen MR) is 99.8 cm³/mol. The van der Waals surface area contributed by atoms with Crippen LogP contribution in [0.3, 0.4) is 0 Å². The summed E-state index contributed by atoms with van der Waals surface area (Å²) in [5.74, 6) is 0.435. The highest BCUT2D eigenvalue weighted by molar-refractivity contribution is 5.79. The molecular formula is C19H26N4O2. The number of carbonyl (C=O) groups is 1. The number of fused-ring (bicyclic) bond motifs is 1. The van der Waals surface area contributed by atoms with E-state index in [-0.39, 0.29) is 11.6 Å². The van der Waals surface area contributed by atoms with Crippen LogP contribution in [0.25, 0.3) is 10.9 Å². The van der Waals surface area contributed by atoms with Crippen molar-refractivity contribution >= 4 is 16.9 Å². The molecule has 134 valence electrons. The number of hydrogen-bond acceptors (Lipinski definition) is 3. The normalized spacial score (nSPS) is 17.8. The fourth-order valence-electron chi connectivity index (χ4n) is 3.40. The molecule has 6 nitrogen and oxygen atoms in total. The van der Waals surface area contributed by atoms with E-state index < -0.39 is 0 Å². The maximum atomic E-state index is 12.4. The lowest BCUT2D eigenvalue weighted by Crippen LogP contribution is -2.38. The molecule has 1 atom stereocenters. The molecule has 0 saturated carbocycles. The molecule has 3 N–H and O–H groups in total. The van der Waals surface area contributed by atoms with Crippen molar-refractivity contribution in [2.75, 3.05) is 26.2 Å². The van der Waals surface area contributed by atoms with E-state index in [1.54, 1.807) is 0 Å². The van der Waals surface area contributed by atoms with Crippen LogP contribution in [-0.4, -0.2) is 42.1 Å². The summed E-state index contributed by atoms with van der Waals surface area (Å²) in [5, 5.41) is 6.71. The Bertz CT molecular complexity index is 815. The molecule has 25 heavy (non-hydrogen) atoms. The molecule has 1 unspecified atom stereocenters. The summed E-state index contributed by atoms with van der Waals surface area (Å²) in [6.07, 6.45) is 1.04. The van der Waals surface area contributed by atoms with Crippen molar-refractivity contribution in [1.29, 1.82) is 0 Å². The summed E-state index contributed by atoms with van der Waals surface area (Å²) in [4.78, 5) is 29.1. The van der Waals surface area contributed by atoms with Gasteiger partial charge in [-0.05, 0) is 55.8 Å². The van der Waals surface area contributed by atoms with Crippen LogP contribution in [0.1, 0.15) is 24.5 Å². The predicted octanol–water partition coefficient (Wildman–Crippen LogP) is 1.98. The minimum Gasteiger partial charge on any atom is -0.338 e. The zero-order valence-electron chi connectivity index (χ0n) is 14.9. The number of carbonyl (C=O) groups excluding carboxylic acids is 1. The topological polar surface area (TPSA) is 77.2 Å².